The van der Waals surface area contributed by atoms with Gasteiger partial charge in [0.15, 0.2) is 0 Å². The first kappa shape index (κ1) is 13.9. The molecule has 1 fully saturated rings. The average Bonchev–Trinajstić information content (AvgIpc) is 2.92. The number of amides is 1. The normalized spacial score (nSPS) is 19.6. The van der Waals surface area contributed by atoms with E-state index in [2.05, 4.69) is 15.5 Å². The van der Waals surface area contributed by atoms with Gasteiger partial charge in [-0.1, -0.05) is 0 Å². The van der Waals surface area contributed by atoms with Crippen molar-refractivity contribution in [3.63, 3.8) is 0 Å². The number of rotatable bonds is 6. The van der Waals surface area contributed by atoms with E-state index >= 15 is 0 Å². The van der Waals surface area contributed by atoms with Gasteiger partial charge in [-0.2, -0.15) is 0 Å². The standard InChI is InChI=1S/C11H20N6O2/c12-4-3-10-8-16(6-7-19-10)11(18)2-1-5-17-9-13-14-15-17/h9-10H,1-8,12H2. The summed E-state index contributed by atoms with van der Waals surface area (Å²) >= 11 is 0. The van der Waals surface area contributed by atoms with E-state index in [9.17, 15) is 4.79 Å². The van der Waals surface area contributed by atoms with Crippen LogP contribution in [0, 0.1) is 0 Å². The molecule has 0 bridgehead atoms. The lowest BCUT2D eigenvalue weighted by molar-refractivity contribution is -0.139. The molecule has 1 aromatic rings. The van der Waals surface area contributed by atoms with E-state index < -0.39 is 0 Å². The summed E-state index contributed by atoms with van der Waals surface area (Å²) in [6, 6.07) is 0. The molecule has 0 spiro atoms. The lowest BCUT2D eigenvalue weighted by Gasteiger charge is -2.33. The molecule has 1 amide bonds. The van der Waals surface area contributed by atoms with Crippen LogP contribution >= 0.6 is 0 Å². The van der Waals surface area contributed by atoms with Crippen molar-refractivity contribution in [2.45, 2.75) is 31.9 Å². The summed E-state index contributed by atoms with van der Waals surface area (Å²) in [6.07, 6.45) is 3.69. The van der Waals surface area contributed by atoms with E-state index in [1.165, 1.54) is 0 Å². The highest BCUT2D eigenvalue weighted by molar-refractivity contribution is 5.76. The predicted molar refractivity (Wildman–Crippen MR) is 67.0 cm³/mol. The van der Waals surface area contributed by atoms with E-state index in [0.717, 1.165) is 12.8 Å². The van der Waals surface area contributed by atoms with Crippen LogP contribution in [0.2, 0.25) is 0 Å². The first-order chi connectivity index (χ1) is 9.29. The van der Waals surface area contributed by atoms with Crippen molar-refractivity contribution in [3.05, 3.63) is 6.33 Å². The zero-order valence-corrected chi connectivity index (χ0v) is 10.9. The van der Waals surface area contributed by atoms with Crippen LogP contribution in [0.25, 0.3) is 0 Å². The third-order valence-corrected chi connectivity index (χ3v) is 3.15. The SMILES string of the molecule is NCCC1CN(C(=O)CCCn2cnnn2)CCO1. The Hall–Kier alpha value is -1.54. The molecule has 0 aromatic carbocycles. The Kier molecular flexibility index (Phi) is 5.22. The number of morpholine rings is 1. The van der Waals surface area contributed by atoms with Crippen molar-refractivity contribution in [2.75, 3.05) is 26.2 Å². The molecule has 0 radical (unpaired) electrons. The number of nitrogens with two attached hydrogens (primary N) is 1. The molecule has 0 saturated carbocycles. The van der Waals surface area contributed by atoms with Gasteiger partial charge in [-0.05, 0) is 29.8 Å². The largest absolute Gasteiger partial charge is 0.374 e. The quantitative estimate of drug-likeness (QED) is 0.712. The van der Waals surface area contributed by atoms with Crippen LogP contribution < -0.4 is 5.73 Å². The molecule has 1 aliphatic rings. The minimum Gasteiger partial charge on any atom is -0.374 e. The Morgan fingerprint density at radius 2 is 2.42 bits per heavy atom. The van der Waals surface area contributed by atoms with Crippen molar-refractivity contribution < 1.29 is 9.53 Å². The van der Waals surface area contributed by atoms with Gasteiger partial charge in [0.2, 0.25) is 5.91 Å². The second kappa shape index (κ2) is 7.15. The van der Waals surface area contributed by atoms with Crippen LogP contribution in [0.5, 0.6) is 0 Å². The number of aryl methyl sites for hydroxylation is 1. The Morgan fingerprint density at radius 3 is 3.16 bits per heavy atom. The molecule has 1 atom stereocenters. The molecular weight excluding hydrogens is 248 g/mol. The van der Waals surface area contributed by atoms with Gasteiger partial charge < -0.3 is 15.4 Å². The fourth-order valence-electron chi connectivity index (χ4n) is 2.14. The van der Waals surface area contributed by atoms with Gasteiger partial charge in [-0.25, -0.2) is 4.68 Å². The zero-order valence-electron chi connectivity index (χ0n) is 10.9. The topological polar surface area (TPSA) is 99.2 Å². The summed E-state index contributed by atoms with van der Waals surface area (Å²) in [5, 5.41) is 10.9. The number of carbonyl (C=O) groups is 1. The second-order valence-electron chi connectivity index (χ2n) is 4.59. The summed E-state index contributed by atoms with van der Waals surface area (Å²) in [5.74, 6) is 0.165. The molecule has 106 valence electrons. The number of tetrazole rings is 1. The number of hydrogen-bond acceptors (Lipinski definition) is 6. The van der Waals surface area contributed by atoms with Crippen LogP contribution in [-0.4, -0.2) is 63.4 Å². The van der Waals surface area contributed by atoms with Gasteiger partial charge in [0.1, 0.15) is 6.33 Å². The monoisotopic (exact) mass is 268 g/mol. The minimum atomic E-state index is 0.0854. The van der Waals surface area contributed by atoms with E-state index in [4.69, 9.17) is 10.5 Å². The van der Waals surface area contributed by atoms with Gasteiger partial charge in [0.05, 0.1) is 12.7 Å². The predicted octanol–water partition coefficient (Wildman–Crippen LogP) is -0.970. The average molecular weight is 268 g/mol. The lowest BCUT2D eigenvalue weighted by atomic mass is 10.2. The third-order valence-electron chi connectivity index (χ3n) is 3.15. The molecule has 1 aliphatic heterocycles. The van der Waals surface area contributed by atoms with Crippen molar-refractivity contribution in [1.82, 2.24) is 25.1 Å². The third kappa shape index (κ3) is 4.25. The Morgan fingerprint density at radius 1 is 1.53 bits per heavy atom. The van der Waals surface area contributed by atoms with Crippen molar-refractivity contribution >= 4 is 5.91 Å². The summed E-state index contributed by atoms with van der Waals surface area (Å²) < 4.78 is 7.19. The fourth-order valence-corrected chi connectivity index (χ4v) is 2.14. The van der Waals surface area contributed by atoms with Gasteiger partial charge in [0, 0.05) is 26.1 Å². The highest BCUT2D eigenvalue weighted by atomic mass is 16.5. The Bertz CT molecular complexity index is 381. The molecule has 2 rings (SSSR count). The first-order valence-corrected chi connectivity index (χ1v) is 6.60. The van der Waals surface area contributed by atoms with Crippen LogP contribution in [-0.2, 0) is 16.1 Å². The molecule has 8 nitrogen and oxygen atoms in total. The molecule has 2 N–H and O–H groups in total. The summed E-state index contributed by atoms with van der Waals surface area (Å²) in [7, 11) is 0. The molecule has 1 aromatic heterocycles. The van der Waals surface area contributed by atoms with Gasteiger partial charge >= 0.3 is 0 Å². The molecule has 19 heavy (non-hydrogen) atoms. The molecule has 1 saturated heterocycles. The van der Waals surface area contributed by atoms with Gasteiger partial charge in [-0.3, -0.25) is 4.79 Å². The van der Waals surface area contributed by atoms with Crippen LogP contribution in [0.1, 0.15) is 19.3 Å². The molecule has 8 heteroatoms. The van der Waals surface area contributed by atoms with Crippen molar-refractivity contribution in [1.29, 1.82) is 0 Å². The highest BCUT2D eigenvalue weighted by Crippen LogP contribution is 2.10. The number of aromatic nitrogens is 4. The molecular formula is C11H20N6O2. The number of nitrogens with zero attached hydrogens (tertiary/aromatic N) is 5. The van der Waals surface area contributed by atoms with Crippen LogP contribution in [0.15, 0.2) is 6.33 Å². The fraction of sp³-hybridized carbons (Fsp3) is 0.818. The Balaban J connectivity index is 1.70. The van der Waals surface area contributed by atoms with E-state index in [1.54, 1.807) is 11.0 Å². The van der Waals surface area contributed by atoms with Crippen molar-refractivity contribution in [3.8, 4) is 0 Å². The first-order valence-electron chi connectivity index (χ1n) is 6.60. The maximum absolute atomic E-state index is 12.1. The zero-order chi connectivity index (χ0) is 13.5. The van der Waals surface area contributed by atoms with Crippen molar-refractivity contribution in [2.24, 2.45) is 5.73 Å². The van der Waals surface area contributed by atoms with Gasteiger partial charge in [0.25, 0.3) is 0 Å². The highest BCUT2D eigenvalue weighted by Gasteiger charge is 2.23. The summed E-state index contributed by atoms with van der Waals surface area (Å²) in [4.78, 5) is 13.9. The number of ether oxygens (including phenoxy) is 1. The maximum atomic E-state index is 12.1. The maximum Gasteiger partial charge on any atom is 0.222 e. The summed E-state index contributed by atoms with van der Waals surface area (Å²) in [6.45, 7) is 3.18. The number of carbonyl (C=O) groups excluding carboxylic acids is 1. The lowest BCUT2D eigenvalue weighted by Crippen LogP contribution is -2.46. The van der Waals surface area contributed by atoms with E-state index in [-0.39, 0.29) is 12.0 Å². The van der Waals surface area contributed by atoms with E-state index in [0.29, 0.717) is 39.2 Å². The Labute approximate surface area is 111 Å². The number of hydrogen-bond donors (Lipinski definition) is 1. The molecule has 2 heterocycles. The van der Waals surface area contributed by atoms with Crippen LogP contribution in [0.3, 0.4) is 0 Å². The van der Waals surface area contributed by atoms with Gasteiger partial charge in [-0.15, -0.1) is 5.10 Å². The molecule has 0 aliphatic carbocycles. The minimum absolute atomic E-state index is 0.0854. The van der Waals surface area contributed by atoms with Crippen LogP contribution in [0.4, 0.5) is 0 Å². The van der Waals surface area contributed by atoms with E-state index in [1.807, 2.05) is 4.90 Å². The summed E-state index contributed by atoms with van der Waals surface area (Å²) in [5.41, 5.74) is 5.51. The smallest absolute Gasteiger partial charge is 0.222 e. The second-order valence-corrected chi connectivity index (χ2v) is 4.59. The molecule has 1 unspecified atom stereocenters.